The van der Waals surface area contributed by atoms with Crippen molar-refractivity contribution in [1.29, 1.82) is 0 Å². The van der Waals surface area contributed by atoms with Crippen molar-refractivity contribution in [1.82, 2.24) is 5.32 Å². The highest BCUT2D eigenvalue weighted by atomic mass is 35.5. The number of hydrogen-bond donors (Lipinski definition) is 3. The molecule has 1 heterocycles. The van der Waals surface area contributed by atoms with Gasteiger partial charge in [0.15, 0.2) is 0 Å². The molecule has 1 saturated heterocycles. The van der Waals surface area contributed by atoms with E-state index in [4.69, 9.17) is 10.8 Å². The molecule has 1 aliphatic rings. The standard InChI is InChI=1S/C7H16N2O.ClH/c8-7(6-10)3-1-2-4-9-5-7;/h9-10H,1-6,8H2;1H. The zero-order valence-corrected chi connectivity index (χ0v) is 7.49. The molecule has 68 valence electrons. The van der Waals surface area contributed by atoms with Crippen LogP contribution in [-0.2, 0) is 0 Å². The highest BCUT2D eigenvalue weighted by Crippen LogP contribution is 2.12. The third-order valence-corrected chi connectivity index (χ3v) is 2.07. The highest BCUT2D eigenvalue weighted by Gasteiger charge is 2.24. The van der Waals surface area contributed by atoms with Crippen molar-refractivity contribution >= 4 is 12.4 Å². The summed E-state index contributed by atoms with van der Waals surface area (Å²) in [7, 11) is 0. The number of hydrogen-bond acceptors (Lipinski definition) is 3. The molecular formula is C7H17ClN2O. The largest absolute Gasteiger partial charge is 0.394 e. The smallest absolute Gasteiger partial charge is 0.0623 e. The van der Waals surface area contributed by atoms with Gasteiger partial charge >= 0.3 is 0 Å². The normalized spacial score (nSPS) is 32.2. The first kappa shape index (κ1) is 11.2. The number of rotatable bonds is 1. The van der Waals surface area contributed by atoms with E-state index in [-0.39, 0.29) is 24.6 Å². The van der Waals surface area contributed by atoms with Crippen molar-refractivity contribution in [2.24, 2.45) is 5.73 Å². The second-order valence-electron chi connectivity index (χ2n) is 3.15. The van der Waals surface area contributed by atoms with Gasteiger partial charge in [0.1, 0.15) is 0 Å². The van der Waals surface area contributed by atoms with Crippen LogP contribution in [0, 0.1) is 0 Å². The van der Waals surface area contributed by atoms with Gasteiger partial charge in [-0.05, 0) is 19.4 Å². The minimum absolute atomic E-state index is 0. The van der Waals surface area contributed by atoms with E-state index < -0.39 is 0 Å². The molecule has 1 atom stereocenters. The summed E-state index contributed by atoms with van der Waals surface area (Å²) < 4.78 is 0. The fourth-order valence-electron chi connectivity index (χ4n) is 1.29. The van der Waals surface area contributed by atoms with Gasteiger partial charge in [-0.2, -0.15) is 0 Å². The van der Waals surface area contributed by atoms with E-state index in [1.807, 2.05) is 0 Å². The first-order valence-electron chi connectivity index (χ1n) is 3.87. The van der Waals surface area contributed by atoms with Crippen LogP contribution in [0.1, 0.15) is 19.3 Å². The number of halogens is 1. The Morgan fingerprint density at radius 1 is 1.45 bits per heavy atom. The van der Waals surface area contributed by atoms with E-state index in [0.29, 0.717) is 0 Å². The van der Waals surface area contributed by atoms with E-state index in [2.05, 4.69) is 5.32 Å². The molecule has 0 spiro atoms. The molecule has 11 heavy (non-hydrogen) atoms. The number of aliphatic hydroxyl groups excluding tert-OH is 1. The van der Waals surface area contributed by atoms with Crippen molar-refractivity contribution < 1.29 is 5.11 Å². The maximum absolute atomic E-state index is 8.91. The number of nitrogens with two attached hydrogens (primary N) is 1. The Labute approximate surface area is 73.8 Å². The molecule has 0 saturated carbocycles. The summed E-state index contributed by atoms with van der Waals surface area (Å²) >= 11 is 0. The second kappa shape index (κ2) is 4.93. The number of aliphatic hydroxyl groups is 1. The predicted octanol–water partition coefficient (Wildman–Crippen LogP) is -0.129. The third kappa shape index (κ3) is 3.38. The molecule has 4 heteroatoms. The van der Waals surface area contributed by atoms with Gasteiger partial charge in [-0.1, -0.05) is 6.42 Å². The third-order valence-electron chi connectivity index (χ3n) is 2.07. The fourth-order valence-corrected chi connectivity index (χ4v) is 1.29. The molecule has 1 rings (SSSR count). The summed E-state index contributed by atoms with van der Waals surface area (Å²) in [5, 5.41) is 12.1. The fraction of sp³-hybridized carbons (Fsp3) is 1.00. The summed E-state index contributed by atoms with van der Waals surface area (Å²) in [5.74, 6) is 0. The van der Waals surface area contributed by atoms with Crippen LogP contribution >= 0.6 is 12.4 Å². The van der Waals surface area contributed by atoms with Crippen LogP contribution in [-0.4, -0.2) is 30.3 Å². The molecule has 0 aromatic heterocycles. The lowest BCUT2D eigenvalue weighted by molar-refractivity contribution is 0.188. The molecule has 1 unspecified atom stereocenters. The molecule has 1 aliphatic heterocycles. The van der Waals surface area contributed by atoms with Gasteiger partial charge in [0.2, 0.25) is 0 Å². The van der Waals surface area contributed by atoms with Crippen LogP contribution < -0.4 is 11.1 Å². The molecule has 0 aromatic carbocycles. The van der Waals surface area contributed by atoms with Gasteiger partial charge in [0, 0.05) is 6.54 Å². The highest BCUT2D eigenvalue weighted by molar-refractivity contribution is 5.85. The molecular weight excluding hydrogens is 164 g/mol. The minimum Gasteiger partial charge on any atom is -0.394 e. The van der Waals surface area contributed by atoms with Crippen LogP contribution in [0.2, 0.25) is 0 Å². The molecule has 0 radical (unpaired) electrons. The molecule has 4 N–H and O–H groups in total. The molecule has 0 aromatic rings. The molecule has 0 aliphatic carbocycles. The van der Waals surface area contributed by atoms with E-state index in [1.54, 1.807) is 0 Å². The lowest BCUT2D eigenvalue weighted by Crippen LogP contribution is -2.50. The summed E-state index contributed by atoms with van der Waals surface area (Å²) in [6.45, 7) is 1.89. The van der Waals surface area contributed by atoms with Gasteiger partial charge in [-0.15, -0.1) is 12.4 Å². The van der Waals surface area contributed by atoms with Gasteiger partial charge in [0.25, 0.3) is 0 Å². The van der Waals surface area contributed by atoms with Crippen LogP contribution in [0.25, 0.3) is 0 Å². The first-order valence-corrected chi connectivity index (χ1v) is 3.87. The SMILES string of the molecule is Cl.NC1(CO)CCCCNC1. The summed E-state index contributed by atoms with van der Waals surface area (Å²) in [6, 6.07) is 0. The Morgan fingerprint density at radius 2 is 2.18 bits per heavy atom. The van der Waals surface area contributed by atoms with Crippen molar-refractivity contribution in [3.63, 3.8) is 0 Å². The van der Waals surface area contributed by atoms with E-state index in [0.717, 1.165) is 25.9 Å². The first-order chi connectivity index (χ1) is 4.77. The number of nitrogens with one attached hydrogen (secondary N) is 1. The molecule has 0 amide bonds. The zero-order valence-electron chi connectivity index (χ0n) is 6.68. The lowest BCUT2D eigenvalue weighted by atomic mass is 9.96. The maximum atomic E-state index is 8.91. The molecule has 1 fully saturated rings. The van der Waals surface area contributed by atoms with Crippen LogP contribution in [0.15, 0.2) is 0 Å². The Balaban J connectivity index is 0.000001000. The average Bonchev–Trinajstić information content (AvgIpc) is 2.15. The Morgan fingerprint density at radius 3 is 2.82 bits per heavy atom. The monoisotopic (exact) mass is 180 g/mol. The second-order valence-corrected chi connectivity index (χ2v) is 3.15. The van der Waals surface area contributed by atoms with E-state index in [1.165, 1.54) is 6.42 Å². The maximum Gasteiger partial charge on any atom is 0.0623 e. The van der Waals surface area contributed by atoms with Gasteiger partial charge in [0.05, 0.1) is 12.1 Å². The topological polar surface area (TPSA) is 58.3 Å². The van der Waals surface area contributed by atoms with E-state index in [9.17, 15) is 0 Å². The van der Waals surface area contributed by atoms with E-state index >= 15 is 0 Å². The predicted molar refractivity (Wildman–Crippen MR) is 48.0 cm³/mol. The Bertz CT molecular complexity index is 103. The van der Waals surface area contributed by atoms with Crippen LogP contribution in [0.4, 0.5) is 0 Å². The van der Waals surface area contributed by atoms with Crippen molar-refractivity contribution in [2.75, 3.05) is 19.7 Å². The van der Waals surface area contributed by atoms with Gasteiger partial charge < -0.3 is 16.2 Å². The average molecular weight is 181 g/mol. The van der Waals surface area contributed by atoms with Crippen molar-refractivity contribution in [2.45, 2.75) is 24.8 Å². The Kier molecular flexibility index (Phi) is 5.01. The van der Waals surface area contributed by atoms with Crippen molar-refractivity contribution in [3.05, 3.63) is 0 Å². The van der Waals surface area contributed by atoms with Crippen LogP contribution in [0.3, 0.4) is 0 Å². The summed E-state index contributed by atoms with van der Waals surface area (Å²) in [5.41, 5.74) is 5.50. The molecule has 3 nitrogen and oxygen atoms in total. The molecule has 0 bridgehead atoms. The summed E-state index contributed by atoms with van der Waals surface area (Å²) in [4.78, 5) is 0. The quantitative estimate of drug-likeness (QED) is 0.527. The lowest BCUT2D eigenvalue weighted by Gasteiger charge is -2.24. The minimum atomic E-state index is -0.351. The summed E-state index contributed by atoms with van der Waals surface area (Å²) in [6.07, 6.45) is 3.25. The van der Waals surface area contributed by atoms with Gasteiger partial charge in [-0.25, -0.2) is 0 Å². The Hall–Kier alpha value is 0.170. The zero-order chi connectivity index (χ0) is 7.45. The van der Waals surface area contributed by atoms with Crippen molar-refractivity contribution in [3.8, 4) is 0 Å². The van der Waals surface area contributed by atoms with Gasteiger partial charge in [-0.3, -0.25) is 0 Å². The van der Waals surface area contributed by atoms with Crippen LogP contribution in [0.5, 0.6) is 0 Å².